The summed E-state index contributed by atoms with van der Waals surface area (Å²) in [6, 6.07) is 2.61. The Balaban J connectivity index is 2.01. The highest BCUT2D eigenvalue weighted by atomic mass is 19.4. The van der Waals surface area contributed by atoms with Gasteiger partial charge in [0, 0.05) is 31.6 Å². The highest BCUT2D eigenvalue weighted by Crippen LogP contribution is 2.35. The standard InChI is InChI=1S/C16H17F3N6/c1-9-7-13-11(8-12(9)16(17,18)19)14-21-10(2)23-25(14)15(22-13)24-5-3-20-4-6-24/h7-8,20H,3-6H2,1-2H3. The van der Waals surface area contributed by atoms with E-state index in [1.165, 1.54) is 13.0 Å². The summed E-state index contributed by atoms with van der Waals surface area (Å²) in [5.74, 6) is 1.11. The van der Waals surface area contributed by atoms with E-state index in [0.717, 1.165) is 32.2 Å². The molecule has 1 N–H and O–H groups in total. The average molecular weight is 350 g/mol. The van der Waals surface area contributed by atoms with Crippen molar-refractivity contribution in [2.24, 2.45) is 0 Å². The summed E-state index contributed by atoms with van der Waals surface area (Å²) in [6.07, 6.45) is -4.42. The summed E-state index contributed by atoms with van der Waals surface area (Å²) in [7, 11) is 0. The molecule has 25 heavy (non-hydrogen) atoms. The van der Waals surface area contributed by atoms with Gasteiger partial charge in [-0.05, 0) is 31.5 Å². The normalized spacial score (nSPS) is 16.1. The zero-order valence-corrected chi connectivity index (χ0v) is 13.9. The van der Waals surface area contributed by atoms with E-state index in [2.05, 4.69) is 25.3 Å². The lowest BCUT2D eigenvalue weighted by molar-refractivity contribution is -0.137. The van der Waals surface area contributed by atoms with Crippen molar-refractivity contribution >= 4 is 22.5 Å². The van der Waals surface area contributed by atoms with E-state index >= 15 is 0 Å². The lowest BCUT2D eigenvalue weighted by Crippen LogP contribution is -2.44. The first-order chi connectivity index (χ1) is 11.8. The van der Waals surface area contributed by atoms with Crippen molar-refractivity contribution in [1.29, 1.82) is 0 Å². The number of alkyl halides is 3. The molecule has 1 saturated heterocycles. The van der Waals surface area contributed by atoms with Gasteiger partial charge in [0.25, 0.3) is 0 Å². The SMILES string of the molecule is Cc1nc2c3cc(C(F)(F)F)c(C)cc3nc(N3CCNCC3)n2n1. The molecule has 132 valence electrons. The van der Waals surface area contributed by atoms with Crippen molar-refractivity contribution in [2.75, 3.05) is 31.1 Å². The zero-order valence-electron chi connectivity index (χ0n) is 13.9. The van der Waals surface area contributed by atoms with Crippen molar-refractivity contribution in [3.8, 4) is 0 Å². The van der Waals surface area contributed by atoms with Gasteiger partial charge in [-0.1, -0.05) is 0 Å². The Labute approximate surface area is 141 Å². The second-order valence-electron chi connectivity index (χ2n) is 6.23. The number of aryl methyl sites for hydroxylation is 2. The fourth-order valence-electron chi connectivity index (χ4n) is 3.22. The number of anilines is 1. The van der Waals surface area contributed by atoms with Crippen LogP contribution in [0.15, 0.2) is 12.1 Å². The van der Waals surface area contributed by atoms with Crippen molar-refractivity contribution in [2.45, 2.75) is 20.0 Å². The Morgan fingerprint density at radius 2 is 1.80 bits per heavy atom. The van der Waals surface area contributed by atoms with Crippen LogP contribution in [0.2, 0.25) is 0 Å². The van der Waals surface area contributed by atoms with Crippen LogP contribution in [0.4, 0.5) is 19.1 Å². The van der Waals surface area contributed by atoms with Crippen LogP contribution >= 0.6 is 0 Å². The van der Waals surface area contributed by atoms with E-state index < -0.39 is 11.7 Å². The predicted octanol–water partition coefficient (Wildman–Crippen LogP) is 2.32. The van der Waals surface area contributed by atoms with Gasteiger partial charge in [-0.15, -0.1) is 5.10 Å². The minimum atomic E-state index is -4.42. The summed E-state index contributed by atoms with van der Waals surface area (Å²) in [5, 5.41) is 7.98. The second kappa shape index (κ2) is 5.55. The monoisotopic (exact) mass is 350 g/mol. The van der Waals surface area contributed by atoms with Gasteiger partial charge in [0.05, 0.1) is 11.1 Å². The molecule has 6 nitrogen and oxygen atoms in total. The number of halogens is 3. The van der Waals surface area contributed by atoms with Gasteiger partial charge in [0.15, 0.2) is 5.65 Å². The molecule has 1 aliphatic rings. The molecule has 0 bridgehead atoms. The molecule has 0 atom stereocenters. The van der Waals surface area contributed by atoms with Gasteiger partial charge < -0.3 is 10.2 Å². The summed E-state index contributed by atoms with van der Waals surface area (Å²) in [4.78, 5) is 11.0. The number of piperazine rings is 1. The number of hydrogen-bond donors (Lipinski definition) is 1. The molecule has 0 spiro atoms. The third-order valence-corrected chi connectivity index (χ3v) is 4.41. The Hall–Kier alpha value is -2.42. The molecule has 3 heterocycles. The van der Waals surface area contributed by atoms with Crippen LogP contribution < -0.4 is 10.2 Å². The van der Waals surface area contributed by atoms with Crippen LogP contribution in [-0.2, 0) is 6.18 Å². The maximum absolute atomic E-state index is 13.3. The van der Waals surface area contributed by atoms with Gasteiger partial charge in [0.2, 0.25) is 5.95 Å². The van der Waals surface area contributed by atoms with E-state index in [9.17, 15) is 13.2 Å². The average Bonchev–Trinajstić information content (AvgIpc) is 2.94. The molecule has 1 aromatic carbocycles. The summed E-state index contributed by atoms with van der Waals surface area (Å²) in [5.41, 5.74) is 0.388. The van der Waals surface area contributed by atoms with Gasteiger partial charge in [-0.25, -0.2) is 9.97 Å². The molecule has 0 radical (unpaired) electrons. The third kappa shape index (κ3) is 2.68. The number of rotatable bonds is 1. The van der Waals surface area contributed by atoms with Crippen molar-refractivity contribution in [1.82, 2.24) is 24.9 Å². The lowest BCUT2D eigenvalue weighted by Gasteiger charge is -2.28. The van der Waals surface area contributed by atoms with Gasteiger partial charge in [-0.3, -0.25) is 0 Å². The number of benzene rings is 1. The van der Waals surface area contributed by atoms with Gasteiger partial charge >= 0.3 is 6.18 Å². The molecule has 3 aromatic rings. The first-order valence-corrected chi connectivity index (χ1v) is 8.05. The van der Waals surface area contributed by atoms with Crippen LogP contribution in [0.1, 0.15) is 17.0 Å². The number of hydrogen-bond acceptors (Lipinski definition) is 5. The van der Waals surface area contributed by atoms with Crippen LogP contribution in [-0.4, -0.2) is 45.8 Å². The first kappa shape index (κ1) is 16.1. The van der Waals surface area contributed by atoms with Crippen LogP contribution in [0.3, 0.4) is 0 Å². The quantitative estimate of drug-likeness (QED) is 0.730. The maximum Gasteiger partial charge on any atom is 0.416 e. The Kier molecular flexibility index (Phi) is 3.57. The molecular formula is C16H17F3N6. The summed E-state index contributed by atoms with van der Waals surface area (Å²) >= 11 is 0. The van der Waals surface area contributed by atoms with Gasteiger partial charge in [-0.2, -0.15) is 17.7 Å². The molecule has 4 rings (SSSR count). The highest BCUT2D eigenvalue weighted by Gasteiger charge is 2.33. The second-order valence-corrected chi connectivity index (χ2v) is 6.23. The molecule has 0 aliphatic carbocycles. The van der Waals surface area contributed by atoms with E-state index in [1.54, 1.807) is 11.4 Å². The smallest absolute Gasteiger partial charge is 0.338 e. The molecule has 1 fully saturated rings. The van der Waals surface area contributed by atoms with Crippen LogP contribution in [0.5, 0.6) is 0 Å². The zero-order chi connectivity index (χ0) is 17.8. The van der Waals surface area contributed by atoms with Crippen LogP contribution in [0.25, 0.3) is 16.6 Å². The fourth-order valence-corrected chi connectivity index (χ4v) is 3.22. The number of fused-ring (bicyclic) bond motifs is 3. The Morgan fingerprint density at radius 1 is 1.08 bits per heavy atom. The topological polar surface area (TPSA) is 58.4 Å². The van der Waals surface area contributed by atoms with Gasteiger partial charge in [0.1, 0.15) is 5.82 Å². The van der Waals surface area contributed by atoms with E-state index in [4.69, 9.17) is 0 Å². The fraction of sp³-hybridized carbons (Fsp3) is 0.438. The molecule has 0 amide bonds. The Bertz CT molecular complexity index is 956. The summed E-state index contributed by atoms with van der Waals surface area (Å²) < 4.78 is 41.4. The van der Waals surface area contributed by atoms with Crippen LogP contribution in [0, 0.1) is 13.8 Å². The minimum absolute atomic E-state index is 0.152. The first-order valence-electron chi connectivity index (χ1n) is 8.05. The van der Waals surface area contributed by atoms with Crippen molar-refractivity contribution in [3.63, 3.8) is 0 Å². The molecular weight excluding hydrogens is 333 g/mol. The third-order valence-electron chi connectivity index (χ3n) is 4.41. The minimum Gasteiger partial charge on any atom is -0.338 e. The number of aromatic nitrogens is 4. The molecule has 0 saturated carbocycles. The lowest BCUT2D eigenvalue weighted by atomic mass is 10.1. The van der Waals surface area contributed by atoms with E-state index in [0.29, 0.717) is 28.3 Å². The maximum atomic E-state index is 13.3. The summed E-state index contributed by atoms with van der Waals surface area (Å²) in [6.45, 7) is 6.33. The molecule has 1 aliphatic heterocycles. The largest absolute Gasteiger partial charge is 0.416 e. The van der Waals surface area contributed by atoms with Crippen molar-refractivity contribution < 1.29 is 13.2 Å². The predicted molar refractivity (Wildman–Crippen MR) is 87.8 cm³/mol. The number of nitrogens with one attached hydrogen (secondary N) is 1. The van der Waals surface area contributed by atoms with E-state index in [-0.39, 0.29) is 5.56 Å². The Morgan fingerprint density at radius 3 is 2.48 bits per heavy atom. The van der Waals surface area contributed by atoms with Crippen molar-refractivity contribution in [3.05, 3.63) is 29.1 Å². The highest BCUT2D eigenvalue weighted by molar-refractivity contribution is 5.93. The van der Waals surface area contributed by atoms with E-state index in [1.807, 2.05) is 0 Å². The molecule has 9 heteroatoms. The molecule has 0 unspecified atom stereocenters. The number of nitrogens with zero attached hydrogens (tertiary/aromatic N) is 5. The molecule has 2 aromatic heterocycles.